The lowest BCUT2D eigenvalue weighted by molar-refractivity contribution is 0.0966. The zero-order valence-electron chi connectivity index (χ0n) is 14.8. The van der Waals surface area contributed by atoms with Crippen molar-refractivity contribution < 1.29 is 14.3 Å². The van der Waals surface area contributed by atoms with Crippen molar-refractivity contribution in [3.63, 3.8) is 0 Å². The maximum Gasteiger partial charge on any atom is 0.267 e. The van der Waals surface area contributed by atoms with Crippen LogP contribution in [0.3, 0.4) is 0 Å². The van der Waals surface area contributed by atoms with Crippen molar-refractivity contribution in [2.24, 2.45) is 0 Å². The van der Waals surface area contributed by atoms with Gasteiger partial charge in [-0.2, -0.15) is 5.10 Å². The van der Waals surface area contributed by atoms with E-state index < -0.39 is 0 Å². The van der Waals surface area contributed by atoms with Crippen LogP contribution in [0, 0.1) is 0 Å². The zero-order chi connectivity index (χ0) is 19.4. The highest BCUT2D eigenvalue weighted by Gasteiger charge is 2.12. The Balaban J connectivity index is 1.91. The molecule has 3 rings (SSSR count). The van der Waals surface area contributed by atoms with Gasteiger partial charge in [0.05, 0.1) is 19.9 Å². The molecule has 0 bridgehead atoms. The van der Waals surface area contributed by atoms with Crippen LogP contribution in [0.2, 0.25) is 0 Å². The Hall–Kier alpha value is -2.93. The fraction of sp³-hybridized carbons (Fsp3) is 0.150. The van der Waals surface area contributed by atoms with Gasteiger partial charge in [0.25, 0.3) is 5.56 Å². The maximum absolute atomic E-state index is 12.5. The van der Waals surface area contributed by atoms with Crippen molar-refractivity contribution >= 4 is 21.7 Å². The number of carbonyl (C=O) groups excluding carboxylic acids is 1. The molecule has 2 aromatic carbocycles. The van der Waals surface area contributed by atoms with Gasteiger partial charge in [-0.3, -0.25) is 9.59 Å². The molecule has 27 heavy (non-hydrogen) atoms. The largest absolute Gasteiger partial charge is 0.493 e. The summed E-state index contributed by atoms with van der Waals surface area (Å²) in [5.74, 6) is 0.960. The summed E-state index contributed by atoms with van der Waals surface area (Å²) in [4.78, 5) is 24.6. The second-order valence-corrected chi connectivity index (χ2v) is 6.63. The third-order valence-electron chi connectivity index (χ3n) is 4.01. The predicted molar refractivity (Wildman–Crippen MR) is 106 cm³/mol. The van der Waals surface area contributed by atoms with Gasteiger partial charge < -0.3 is 9.47 Å². The van der Waals surface area contributed by atoms with Crippen LogP contribution < -0.4 is 15.0 Å². The molecular weight excluding hydrogens is 412 g/mol. The Morgan fingerprint density at radius 1 is 1.00 bits per heavy atom. The van der Waals surface area contributed by atoms with E-state index in [0.717, 1.165) is 14.7 Å². The zero-order valence-corrected chi connectivity index (χ0v) is 16.4. The smallest absolute Gasteiger partial charge is 0.267 e. The van der Waals surface area contributed by atoms with Crippen LogP contribution in [-0.4, -0.2) is 29.8 Å². The molecule has 3 aromatic rings. The summed E-state index contributed by atoms with van der Waals surface area (Å²) >= 11 is 3.33. The van der Waals surface area contributed by atoms with Crippen molar-refractivity contribution in [3.8, 4) is 22.8 Å². The highest BCUT2D eigenvalue weighted by Crippen LogP contribution is 2.31. The van der Waals surface area contributed by atoms with Gasteiger partial charge >= 0.3 is 0 Å². The van der Waals surface area contributed by atoms with Crippen molar-refractivity contribution in [3.05, 3.63) is 75.0 Å². The molecule has 7 heteroatoms. The van der Waals surface area contributed by atoms with Crippen molar-refractivity contribution in [1.82, 2.24) is 9.78 Å². The van der Waals surface area contributed by atoms with Crippen LogP contribution in [0.5, 0.6) is 11.5 Å². The first-order valence-electron chi connectivity index (χ1n) is 8.11. The summed E-state index contributed by atoms with van der Waals surface area (Å²) in [6.07, 6.45) is 0. The third-order valence-corrected chi connectivity index (χ3v) is 4.53. The first-order chi connectivity index (χ1) is 13.0. The summed E-state index contributed by atoms with van der Waals surface area (Å²) in [5.41, 5.74) is 1.48. The van der Waals surface area contributed by atoms with Gasteiger partial charge in [0.15, 0.2) is 17.3 Å². The number of aromatic nitrogens is 2. The third kappa shape index (κ3) is 4.25. The maximum atomic E-state index is 12.5. The van der Waals surface area contributed by atoms with E-state index in [1.165, 1.54) is 6.07 Å². The standard InChI is InChI=1S/C20H17BrN2O4/c1-26-18-9-5-14(11-19(18)27-2)16-8-10-20(25)23(22-16)12-17(24)13-3-6-15(21)7-4-13/h3-11H,12H2,1-2H3. The minimum absolute atomic E-state index is 0.137. The van der Waals surface area contributed by atoms with Gasteiger partial charge in [0.1, 0.15) is 6.54 Å². The molecule has 0 fully saturated rings. The molecule has 0 aliphatic rings. The molecule has 1 aromatic heterocycles. The number of methoxy groups -OCH3 is 2. The molecule has 0 radical (unpaired) electrons. The van der Waals surface area contributed by atoms with Crippen LogP contribution in [0.25, 0.3) is 11.3 Å². The van der Waals surface area contributed by atoms with Crippen molar-refractivity contribution in [1.29, 1.82) is 0 Å². The van der Waals surface area contributed by atoms with Gasteiger partial charge in [0, 0.05) is 21.7 Å². The molecule has 0 aliphatic carbocycles. The average molecular weight is 429 g/mol. The summed E-state index contributed by atoms with van der Waals surface area (Å²) in [6, 6.07) is 15.3. The van der Waals surface area contributed by atoms with Crippen LogP contribution >= 0.6 is 15.9 Å². The van der Waals surface area contributed by atoms with Gasteiger partial charge in [-0.1, -0.05) is 28.1 Å². The Morgan fingerprint density at radius 2 is 1.70 bits per heavy atom. The molecule has 6 nitrogen and oxygen atoms in total. The molecule has 0 atom stereocenters. The molecule has 0 saturated heterocycles. The number of Topliss-reactive ketones (excluding diaryl/α,β-unsaturated/α-hetero) is 1. The number of ether oxygens (including phenoxy) is 2. The first-order valence-corrected chi connectivity index (χ1v) is 8.90. The minimum Gasteiger partial charge on any atom is -0.493 e. The number of ketones is 1. The molecule has 0 spiro atoms. The predicted octanol–water partition coefficient (Wildman–Crippen LogP) is 3.57. The second-order valence-electron chi connectivity index (χ2n) is 5.71. The lowest BCUT2D eigenvalue weighted by Crippen LogP contribution is -2.26. The normalized spacial score (nSPS) is 10.5. The van der Waals surface area contributed by atoms with Gasteiger partial charge in [-0.25, -0.2) is 4.68 Å². The van der Waals surface area contributed by atoms with E-state index in [0.29, 0.717) is 22.8 Å². The number of rotatable bonds is 6. The highest BCUT2D eigenvalue weighted by molar-refractivity contribution is 9.10. The fourth-order valence-electron chi connectivity index (χ4n) is 2.57. The molecule has 0 saturated carbocycles. The Morgan fingerprint density at radius 3 is 2.37 bits per heavy atom. The van der Waals surface area contributed by atoms with Gasteiger partial charge in [-0.05, 0) is 36.4 Å². The molecule has 0 aliphatic heterocycles. The molecule has 138 valence electrons. The van der Waals surface area contributed by atoms with Crippen molar-refractivity contribution in [2.45, 2.75) is 6.54 Å². The van der Waals surface area contributed by atoms with Crippen LogP contribution in [0.4, 0.5) is 0 Å². The summed E-state index contributed by atoms with van der Waals surface area (Å²) < 4.78 is 12.6. The SMILES string of the molecule is COc1ccc(-c2ccc(=O)n(CC(=O)c3ccc(Br)cc3)n2)cc1OC. The first kappa shape index (κ1) is 18.8. The van der Waals surface area contributed by atoms with E-state index >= 15 is 0 Å². The summed E-state index contributed by atoms with van der Waals surface area (Å²) in [7, 11) is 3.11. The number of hydrogen-bond acceptors (Lipinski definition) is 5. The highest BCUT2D eigenvalue weighted by atomic mass is 79.9. The van der Waals surface area contributed by atoms with Crippen LogP contribution in [-0.2, 0) is 6.54 Å². The average Bonchev–Trinajstić information content (AvgIpc) is 2.69. The number of carbonyl (C=O) groups is 1. The molecular formula is C20H17BrN2O4. The minimum atomic E-state index is -0.343. The molecule has 1 heterocycles. The quantitative estimate of drug-likeness (QED) is 0.561. The Kier molecular flexibility index (Phi) is 5.71. The number of nitrogens with zero attached hydrogens (tertiary/aromatic N) is 2. The fourth-order valence-corrected chi connectivity index (χ4v) is 2.84. The molecule has 0 amide bonds. The van der Waals surface area contributed by atoms with Crippen LogP contribution in [0.15, 0.2) is 63.9 Å². The Labute approximate surface area is 164 Å². The van der Waals surface area contributed by atoms with E-state index in [1.54, 1.807) is 56.7 Å². The lowest BCUT2D eigenvalue weighted by Gasteiger charge is -2.10. The van der Waals surface area contributed by atoms with E-state index in [9.17, 15) is 9.59 Å². The van der Waals surface area contributed by atoms with E-state index in [2.05, 4.69) is 21.0 Å². The van der Waals surface area contributed by atoms with E-state index in [1.807, 2.05) is 6.07 Å². The van der Waals surface area contributed by atoms with E-state index in [4.69, 9.17) is 9.47 Å². The van der Waals surface area contributed by atoms with Gasteiger partial charge in [-0.15, -0.1) is 0 Å². The monoisotopic (exact) mass is 428 g/mol. The van der Waals surface area contributed by atoms with Gasteiger partial charge in [0.2, 0.25) is 0 Å². The van der Waals surface area contributed by atoms with Crippen molar-refractivity contribution in [2.75, 3.05) is 14.2 Å². The summed E-state index contributed by atoms with van der Waals surface area (Å²) in [6.45, 7) is -0.137. The van der Waals surface area contributed by atoms with Crippen LogP contribution in [0.1, 0.15) is 10.4 Å². The Bertz CT molecular complexity index is 1030. The molecule has 0 unspecified atom stereocenters. The number of hydrogen-bond donors (Lipinski definition) is 0. The second kappa shape index (κ2) is 8.18. The number of halogens is 1. The topological polar surface area (TPSA) is 70.4 Å². The lowest BCUT2D eigenvalue weighted by atomic mass is 10.1. The molecule has 0 N–H and O–H groups in total. The summed E-state index contributed by atoms with van der Waals surface area (Å²) in [5, 5.41) is 4.33. The van der Waals surface area contributed by atoms with E-state index in [-0.39, 0.29) is 17.9 Å². The number of benzene rings is 2.